The third-order valence-corrected chi connectivity index (χ3v) is 13.6. The van der Waals surface area contributed by atoms with Crippen molar-refractivity contribution in [3.05, 3.63) is 119 Å². The van der Waals surface area contributed by atoms with E-state index < -0.39 is 0 Å². The van der Waals surface area contributed by atoms with Crippen molar-refractivity contribution < 1.29 is 0 Å². The topological polar surface area (TPSA) is 24.1 Å². The molecule has 0 radical (unpaired) electrons. The van der Waals surface area contributed by atoms with Crippen LogP contribution in [0.15, 0.2) is 97.1 Å². The average Bonchev–Trinajstić information content (AvgIpc) is 3.31. The maximum atomic E-state index is 3.89. The smallest absolute Gasteiger partial charge is 0.0420 e. The molecule has 0 aliphatic heterocycles. The van der Waals surface area contributed by atoms with E-state index in [1.54, 1.807) is 0 Å². The Morgan fingerprint density at radius 2 is 0.444 bits per heavy atom. The van der Waals surface area contributed by atoms with Crippen LogP contribution in [0.4, 0.5) is 22.7 Å². The van der Waals surface area contributed by atoms with Gasteiger partial charge in [-0.3, -0.25) is 0 Å². The molecule has 2 N–H and O–H groups in total. The van der Waals surface area contributed by atoms with Crippen LogP contribution in [0, 0.1) is 0 Å². The van der Waals surface area contributed by atoms with E-state index in [1.165, 1.54) is 250 Å². The lowest BCUT2D eigenvalue weighted by Crippen LogP contribution is -2.03. The SMILES string of the molecule is CCCCCCCCCCCCCCCCCCc1ccccc1Nc1ccccc1Cc1ccccc1Nc1ccccc1CCCCCCCCCCCCCCCCCC. The second kappa shape index (κ2) is 35.8. The molecule has 63 heavy (non-hydrogen) atoms. The van der Waals surface area contributed by atoms with Gasteiger partial charge in [0.2, 0.25) is 0 Å². The maximum absolute atomic E-state index is 3.89. The minimum absolute atomic E-state index is 0.870. The van der Waals surface area contributed by atoms with E-state index in [9.17, 15) is 0 Å². The highest BCUT2D eigenvalue weighted by molar-refractivity contribution is 5.70. The molecule has 0 atom stereocenters. The van der Waals surface area contributed by atoms with Crippen molar-refractivity contribution in [2.45, 2.75) is 239 Å². The molecule has 0 fully saturated rings. The van der Waals surface area contributed by atoms with Gasteiger partial charge < -0.3 is 10.6 Å². The lowest BCUT2D eigenvalue weighted by Gasteiger charge is -2.18. The summed E-state index contributed by atoms with van der Waals surface area (Å²) in [4.78, 5) is 0. The van der Waals surface area contributed by atoms with Crippen molar-refractivity contribution in [3.8, 4) is 0 Å². The van der Waals surface area contributed by atoms with Gasteiger partial charge in [-0.2, -0.15) is 0 Å². The molecule has 2 nitrogen and oxygen atoms in total. The van der Waals surface area contributed by atoms with Crippen molar-refractivity contribution in [2.24, 2.45) is 0 Å². The molecule has 0 bridgehead atoms. The van der Waals surface area contributed by atoms with Gasteiger partial charge in [-0.15, -0.1) is 0 Å². The molecule has 0 saturated heterocycles. The fourth-order valence-electron chi connectivity index (χ4n) is 9.54. The molecule has 348 valence electrons. The van der Waals surface area contributed by atoms with E-state index in [4.69, 9.17) is 0 Å². The van der Waals surface area contributed by atoms with Gasteiger partial charge in [-0.1, -0.05) is 279 Å². The first kappa shape index (κ1) is 52.1. The molecule has 4 aromatic carbocycles. The highest BCUT2D eigenvalue weighted by atomic mass is 14.9. The van der Waals surface area contributed by atoms with Gasteiger partial charge in [0, 0.05) is 29.2 Å². The third-order valence-electron chi connectivity index (χ3n) is 13.6. The highest BCUT2D eigenvalue weighted by Crippen LogP contribution is 2.31. The molecule has 0 aromatic heterocycles. The summed E-state index contributed by atoms with van der Waals surface area (Å²) in [6.45, 7) is 4.61. The standard InChI is InChI=1S/C61H94N2/c1-3-5-7-9-11-13-15-17-19-21-23-25-27-29-31-33-43-54-45-35-39-49-58(54)62-60-51-41-37-47-56(60)53-57-48-38-42-52-61(57)63-59-50-40-36-46-55(59)44-34-32-30-28-26-24-22-20-18-16-14-12-10-8-6-4-2/h35-42,45-52,62-63H,3-34,43-44,53H2,1-2H3. The number of anilines is 4. The Morgan fingerprint density at radius 3 is 0.714 bits per heavy atom. The molecule has 0 heterocycles. The highest BCUT2D eigenvalue weighted by Gasteiger charge is 2.11. The summed E-state index contributed by atoms with van der Waals surface area (Å²) >= 11 is 0. The summed E-state index contributed by atoms with van der Waals surface area (Å²) < 4.78 is 0. The number of hydrogen-bond acceptors (Lipinski definition) is 2. The van der Waals surface area contributed by atoms with Gasteiger partial charge in [0.25, 0.3) is 0 Å². The van der Waals surface area contributed by atoms with E-state index in [-0.39, 0.29) is 0 Å². The van der Waals surface area contributed by atoms with Crippen LogP contribution in [-0.2, 0) is 19.3 Å². The predicted octanol–water partition coefficient (Wildman–Crippen LogP) is 20.4. The lowest BCUT2D eigenvalue weighted by atomic mass is 9.99. The number of unbranched alkanes of at least 4 members (excludes halogenated alkanes) is 30. The molecule has 4 rings (SSSR count). The summed E-state index contributed by atoms with van der Waals surface area (Å²) in [5.74, 6) is 0. The number of hydrogen-bond donors (Lipinski definition) is 2. The van der Waals surface area contributed by atoms with E-state index in [1.807, 2.05) is 0 Å². The first-order valence-electron chi connectivity index (χ1n) is 27.1. The summed E-state index contributed by atoms with van der Waals surface area (Å²) in [6, 6.07) is 35.8. The molecule has 0 aliphatic carbocycles. The van der Waals surface area contributed by atoms with Crippen molar-refractivity contribution in [1.82, 2.24) is 0 Å². The minimum atomic E-state index is 0.870. The van der Waals surface area contributed by atoms with Gasteiger partial charge in [0.15, 0.2) is 0 Å². The molecule has 2 heteroatoms. The number of para-hydroxylation sites is 4. The van der Waals surface area contributed by atoms with Crippen molar-refractivity contribution in [2.75, 3.05) is 10.6 Å². The first-order valence-corrected chi connectivity index (χ1v) is 27.1. The van der Waals surface area contributed by atoms with Crippen LogP contribution in [-0.4, -0.2) is 0 Å². The Morgan fingerprint density at radius 1 is 0.238 bits per heavy atom. The van der Waals surface area contributed by atoms with E-state index in [0.29, 0.717) is 0 Å². The zero-order valence-corrected chi connectivity index (χ0v) is 41.0. The van der Waals surface area contributed by atoms with Crippen LogP contribution in [0.1, 0.15) is 242 Å². The largest absolute Gasteiger partial charge is 0.355 e. The van der Waals surface area contributed by atoms with Gasteiger partial charge in [0.05, 0.1) is 0 Å². The average molecular weight is 855 g/mol. The molecular formula is C61H94N2. The second-order valence-electron chi connectivity index (χ2n) is 19.2. The first-order chi connectivity index (χ1) is 31.3. The Balaban J connectivity index is 1.14. The Bertz CT molecular complexity index is 1550. The van der Waals surface area contributed by atoms with Crippen LogP contribution in [0.3, 0.4) is 0 Å². The van der Waals surface area contributed by atoms with Crippen LogP contribution in [0.25, 0.3) is 0 Å². The monoisotopic (exact) mass is 855 g/mol. The molecule has 4 aromatic rings. The van der Waals surface area contributed by atoms with Crippen LogP contribution in [0.5, 0.6) is 0 Å². The molecular weight excluding hydrogens is 761 g/mol. The van der Waals surface area contributed by atoms with Gasteiger partial charge in [-0.05, 0) is 72.2 Å². The maximum Gasteiger partial charge on any atom is 0.0420 e. The summed E-state index contributed by atoms with van der Waals surface area (Å²) in [7, 11) is 0. The Kier molecular flexibility index (Phi) is 29.6. The van der Waals surface area contributed by atoms with E-state index in [0.717, 1.165) is 19.3 Å². The van der Waals surface area contributed by atoms with Crippen LogP contribution >= 0.6 is 0 Å². The Labute approximate surface area is 389 Å². The van der Waals surface area contributed by atoms with Crippen LogP contribution < -0.4 is 10.6 Å². The van der Waals surface area contributed by atoms with E-state index >= 15 is 0 Å². The van der Waals surface area contributed by atoms with Crippen molar-refractivity contribution in [3.63, 3.8) is 0 Å². The quantitative estimate of drug-likeness (QED) is 0.0436. The molecule has 0 amide bonds. The van der Waals surface area contributed by atoms with Crippen LogP contribution in [0.2, 0.25) is 0 Å². The van der Waals surface area contributed by atoms with E-state index in [2.05, 4.69) is 122 Å². The number of rotatable bonds is 40. The number of aryl methyl sites for hydroxylation is 2. The zero-order chi connectivity index (χ0) is 44.1. The van der Waals surface area contributed by atoms with Gasteiger partial charge in [0.1, 0.15) is 0 Å². The fraction of sp³-hybridized carbons (Fsp3) is 0.607. The van der Waals surface area contributed by atoms with Crippen molar-refractivity contribution in [1.29, 1.82) is 0 Å². The molecule has 0 saturated carbocycles. The minimum Gasteiger partial charge on any atom is -0.355 e. The number of nitrogens with one attached hydrogen (secondary N) is 2. The third kappa shape index (κ3) is 23.8. The zero-order valence-electron chi connectivity index (χ0n) is 41.0. The molecule has 0 aliphatic rings. The summed E-state index contributed by atoms with van der Waals surface area (Å²) in [6.07, 6.45) is 48.3. The van der Waals surface area contributed by atoms with Crippen molar-refractivity contribution >= 4 is 22.7 Å². The summed E-state index contributed by atoms with van der Waals surface area (Å²) in [5.41, 5.74) is 10.4. The van der Waals surface area contributed by atoms with Gasteiger partial charge >= 0.3 is 0 Å². The molecule has 0 spiro atoms. The normalized spacial score (nSPS) is 11.3. The Hall–Kier alpha value is -3.52. The molecule has 0 unspecified atom stereocenters. The summed E-state index contributed by atoms with van der Waals surface area (Å²) in [5, 5.41) is 7.77. The fourth-order valence-corrected chi connectivity index (χ4v) is 9.54. The van der Waals surface area contributed by atoms with Gasteiger partial charge in [-0.25, -0.2) is 0 Å². The predicted molar refractivity (Wildman–Crippen MR) is 282 cm³/mol. The lowest BCUT2D eigenvalue weighted by molar-refractivity contribution is 0.529. The number of benzene rings is 4. The second-order valence-corrected chi connectivity index (χ2v) is 19.2.